The number of nitrogens with two attached hydrogens (primary N) is 1. The van der Waals surface area contributed by atoms with E-state index < -0.39 is 6.10 Å². The molecule has 1 unspecified atom stereocenters. The van der Waals surface area contributed by atoms with Gasteiger partial charge in [-0.1, -0.05) is 11.8 Å². The number of fused-ring (bicyclic) bond motifs is 1. The summed E-state index contributed by atoms with van der Waals surface area (Å²) in [7, 11) is 0. The number of rotatable bonds is 2. The molecule has 1 aromatic rings. The number of hydrogen-bond acceptors (Lipinski definition) is 4. The lowest BCUT2D eigenvalue weighted by Gasteiger charge is -2.06. The zero-order chi connectivity index (χ0) is 9.42. The maximum Gasteiger partial charge on any atom is 0.168 e. The zero-order valence-electron chi connectivity index (χ0n) is 7.53. The van der Waals surface area contributed by atoms with Gasteiger partial charge in [-0.05, 0) is 6.92 Å². The highest BCUT2D eigenvalue weighted by atomic mass is 32.2. The third-order valence-corrected chi connectivity index (χ3v) is 3.26. The Balaban J connectivity index is 2.38. The van der Waals surface area contributed by atoms with E-state index in [1.54, 1.807) is 11.8 Å². The largest absolute Gasteiger partial charge is 0.385 e. The van der Waals surface area contributed by atoms with Crippen molar-refractivity contribution in [1.29, 1.82) is 0 Å². The summed E-state index contributed by atoms with van der Waals surface area (Å²) in [5.74, 6) is 1.09. The van der Waals surface area contributed by atoms with Crippen LogP contribution < -0.4 is 5.73 Å². The average Bonchev–Trinajstić information content (AvgIpc) is 2.68. The number of aliphatic hydroxyl groups excluding tert-OH is 1. The van der Waals surface area contributed by atoms with Gasteiger partial charge in [0, 0.05) is 24.5 Å². The smallest absolute Gasteiger partial charge is 0.168 e. The Kier molecular flexibility index (Phi) is 2.31. The van der Waals surface area contributed by atoms with Crippen LogP contribution in [0.4, 0.5) is 0 Å². The predicted octanol–water partition coefficient (Wildman–Crippen LogP) is 0.289. The summed E-state index contributed by atoms with van der Waals surface area (Å²) in [6.07, 6.45) is -0.612. The van der Waals surface area contributed by atoms with E-state index >= 15 is 0 Å². The molecule has 72 valence electrons. The fourth-order valence-electron chi connectivity index (χ4n) is 1.56. The first-order valence-corrected chi connectivity index (χ1v) is 5.30. The molecule has 0 saturated heterocycles. The molecule has 0 bridgehead atoms. The molecule has 3 N–H and O–H groups in total. The van der Waals surface area contributed by atoms with Crippen molar-refractivity contribution in [2.45, 2.75) is 24.7 Å². The van der Waals surface area contributed by atoms with Crippen molar-refractivity contribution in [2.24, 2.45) is 5.73 Å². The van der Waals surface area contributed by atoms with Gasteiger partial charge >= 0.3 is 0 Å². The maximum absolute atomic E-state index is 9.56. The lowest BCUT2D eigenvalue weighted by Crippen LogP contribution is -2.13. The maximum atomic E-state index is 9.56. The van der Waals surface area contributed by atoms with E-state index in [0.29, 0.717) is 0 Å². The normalized spacial score (nSPS) is 17.5. The predicted molar refractivity (Wildman–Crippen MR) is 51.7 cm³/mol. The molecule has 2 heterocycles. The Labute approximate surface area is 81.1 Å². The van der Waals surface area contributed by atoms with Crippen LogP contribution >= 0.6 is 11.8 Å². The summed E-state index contributed by atoms with van der Waals surface area (Å²) >= 11 is 1.73. The van der Waals surface area contributed by atoms with Crippen molar-refractivity contribution in [3.63, 3.8) is 0 Å². The number of hydrogen-bond donors (Lipinski definition) is 2. The highest BCUT2D eigenvalue weighted by Gasteiger charge is 2.22. The Morgan fingerprint density at radius 2 is 2.54 bits per heavy atom. The van der Waals surface area contributed by atoms with Crippen molar-refractivity contribution in [1.82, 2.24) is 9.55 Å². The quantitative estimate of drug-likeness (QED) is 0.718. The summed E-state index contributed by atoms with van der Waals surface area (Å²) in [4.78, 5) is 4.36. The molecule has 0 saturated carbocycles. The molecular weight excluding hydrogens is 186 g/mol. The van der Waals surface area contributed by atoms with E-state index in [2.05, 4.69) is 9.55 Å². The molecule has 0 aliphatic carbocycles. The number of imidazole rings is 1. The van der Waals surface area contributed by atoms with Crippen molar-refractivity contribution in [2.75, 3.05) is 12.3 Å². The van der Waals surface area contributed by atoms with Crippen LogP contribution in [0.15, 0.2) is 5.16 Å². The lowest BCUT2D eigenvalue weighted by molar-refractivity contribution is 0.181. The molecule has 0 radical (unpaired) electrons. The van der Waals surface area contributed by atoms with Gasteiger partial charge in [-0.2, -0.15) is 0 Å². The molecule has 13 heavy (non-hydrogen) atoms. The molecular formula is C8H13N3OS. The van der Waals surface area contributed by atoms with Crippen molar-refractivity contribution in [3.8, 4) is 0 Å². The summed E-state index contributed by atoms with van der Waals surface area (Å²) in [5.41, 5.74) is 7.18. The van der Waals surface area contributed by atoms with Gasteiger partial charge in [-0.25, -0.2) is 4.98 Å². The molecule has 1 aliphatic heterocycles. The monoisotopic (exact) mass is 199 g/mol. The summed E-state index contributed by atoms with van der Waals surface area (Å²) in [6.45, 7) is 3.22. The fraction of sp³-hybridized carbons (Fsp3) is 0.625. The van der Waals surface area contributed by atoms with Crippen LogP contribution in [0.2, 0.25) is 0 Å². The van der Waals surface area contributed by atoms with Gasteiger partial charge in [0.05, 0.1) is 5.69 Å². The van der Waals surface area contributed by atoms with Crippen LogP contribution in [0.25, 0.3) is 0 Å². The van der Waals surface area contributed by atoms with Gasteiger partial charge in [0.15, 0.2) is 5.16 Å². The topological polar surface area (TPSA) is 64.1 Å². The first-order chi connectivity index (χ1) is 6.24. The summed E-state index contributed by atoms with van der Waals surface area (Å²) in [6, 6.07) is 0. The van der Waals surface area contributed by atoms with Crippen LogP contribution in [0.1, 0.15) is 17.5 Å². The van der Waals surface area contributed by atoms with Crippen LogP contribution in [-0.2, 0) is 6.54 Å². The average molecular weight is 199 g/mol. The highest BCUT2D eigenvalue weighted by Crippen LogP contribution is 2.29. The second-order valence-electron chi connectivity index (χ2n) is 3.12. The van der Waals surface area contributed by atoms with E-state index in [1.165, 1.54) is 0 Å². The van der Waals surface area contributed by atoms with E-state index in [0.717, 1.165) is 28.8 Å². The van der Waals surface area contributed by atoms with E-state index in [1.807, 2.05) is 6.92 Å². The molecule has 0 spiro atoms. The summed E-state index contributed by atoms with van der Waals surface area (Å²) < 4.78 is 2.14. The summed E-state index contributed by atoms with van der Waals surface area (Å²) in [5, 5.41) is 10.6. The highest BCUT2D eigenvalue weighted by molar-refractivity contribution is 7.99. The second-order valence-corrected chi connectivity index (χ2v) is 4.18. The van der Waals surface area contributed by atoms with Gasteiger partial charge < -0.3 is 15.4 Å². The van der Waals surface area contributed by atoms with Gasteiger partial charge in [0.2, 0.25) is 0 Å². The van der Waals surface area contributed by atoms with E-state index in [4.69, 9.17) is 5.73 Å². The van der Waals surface area contributed by atoms with Crippen LogP contribution in [0, 0.1) is 6.92 Å². The van der Waals surface area contributed by atoms with Gasteiger partial charge in [0.25, 0.3) is 0 Å². The van der Waals surface area contributed by atoms with Crippen molar-refractivity contribution in [3.05, 3.63) is 11.4 Å². The molecule has 0 amide bonds. The van der Waals surface area contributed by atoms with Gasteiger partial charge in [-0.3, -0.25) is 0 Å². The number of thioether (sulfide) groups is 1. The Bertz CT molecular complexity index is 323. The molecule has 5 heteroatoms. The molecule has 1 aromatic heterocycles. The third-order valence-electron chi connectivity index (χ3n) is 2.31. The van der Waals surface area contributed by atoms with Gasteiger partial charge in [-0.15, -0.1) is 0 Å². The standard InChI is InChI=1S/C8H13N3OS/c1-5-7(6(12)4-9)10-8-11(5)2-3-13-8/h6,12H,2-4,9H2,1H3. The minimum atomic E-state index is -0.612. The van der Waals surface area contributed by atoms with E-state index in [9.17, 15) is 5.11 Å². The second kappa shape index (κ2) is 3.32. The minimum absolute atomic E-state index is 0.238. The molecule has 4 nitrogen and oxygen atoms in total. The van der Waals surface area contributed by atoms with Gasteiger partial charge in [0.1, 0.15) is 6.10 Å². The fourth-order valence-corrected chi connectivity index (χ4v) is 2.56. The Hall–Kier alpha value is -0.520. The lowest BCUT2D eigenvalue weighted by atomic mass is 10.2. The molecule has 1 aliphatic rings. The zero-order valence-corrected chi connectivity index (χ0v) is 8.34. The van der Waals surface area contributed by atoms with Crippen LogP contribution in [0.3, 0.4) is 0 Å². The number of aromatic nitrogens is 2. The first kappa shape index (κ1) is 9.05. The number of aliphatic hydroxyl groups is 1. The van der Waals surface area contributed by atoms with Crippen molar-refractivity contribution < 1.29 is 5.11 Å². The molecule has 1 atom stereocenters. The molecule has 0 fully saturated rings. The Morgan fingerprint density at radius 1 is 1.77 bits per heavy atom. The van der Waals surface area contributed by atoms with Crippen LogP contribution in [-0.4, -0.2) is 27.0 Å². The third kappa shape index (κ3) is 1.37. The SMILES string of the molecule is Cc1c(C(O)CN)nc2n1CCS2. The minimum Gasteiger partial charge on any atom is -0.385 e. The van der Waals surface area contributed by atoms with E-state index in [-0.39, 0.29) is 6.54 Å². The Morgan fingerprint density at radius 3 is 3.15 bits per heavy atom. The number of nitrogens with zero attached hydrogens (tertiary/aromatic N) is 2. The van der Waals surface area contributed by atoms with Crippen molar-refractivity contribution >= 4 is 11.8 Å². The first-order valence-electron chi connectivity index (χ1n) is 4.32. The van der Waals surface area contributed by atoms with Crippen LogP contribution in [0.5, 0.6) is 0 Å². The molecule has 2 rings (SSSR count). The molecule has 0 aromatic carbocycles.